The van der Waals surface area contributed by atoms with Crippen LogP contribution in [0.1, 0.15) is 17.3 Å². The first-order valence-corrected chi connectivity index (χ1v) is 6.23. The molecule has 17 heavy (non-hydrogen) atoms. The maximum absolute atomic E-state index is 11.5. The molecule has 1 rings (SSSR count). The van der Waals surface area contributed by atoms with Gasteiger partial charge in [0.05, 0.1) is 5.56 Å². The first-order chi connectivity index (χ1) is 7.83. The van der Waals surface area contributed by atoms with Crippen LogP contribution in [0.2, 0.25) is 0 Å². The molecule has 94 valence electrons. The van der Waals surface area contributed by atoms with Crippen molar-refractivity contribution >= 4 is 13.7 Å². The van der Waals surface area contributed by atoms with Crippen LogP contribution < -0.4 is 9.84 Å². The lowest BCUT2D eigenvalue weighted by Gasteiger charge is -2.09. The Kier molecular flexibility index (Phi) is 4.11. The minimum atomic E-state index is -4.68. The Labute approximate surface area is 97.3 Å². The van der Waals surface area contributed by atoms with E-state index < -0.39 is 13.7 Å². The largest absolute Gasteiger partial charge is 0.524 e. The van der Waals surface area contributed by atoms with Gasteiger partial charge >= 0.3 is 7.82 Å². The summed E-state index contributed by atoms with van der Waals surface area (Å²) in [6.07, 6.45) is 0. The number of carbonyl (C=O) groups is 1. The third kappa shape index (κ3) is 4.07. The molecule has 7 nitrogen and oxygen atoms in total. The zero-order chi connectivity index (χ0) is 13.1. The van der Waals surface area contributed by atoms with Crippen LogP contribution in [0.15, 0.2) is 18.2 Å². The van der Waals surface area contributed by atoms with E-state index in [1.165, 1.54) is 0 Å². The topological polar surface area (TPSA) is 116 Å². The highest BCUT2D eigenvalue weighted by atomic mass is 31.2. The van der Waals surface area contributed by atoms with Gasteiger partial charge in [0.1, 0.15) is 11.5 Å². The summed E-state index contributed by atoms with van der Waals surface area (Å²) in [5.41, 5.74) is -0.113. The molecule has 1 aromatic carbocycles. The van der Waals surface area contributed by atoms with Crippen LogP contribution in [0.5, 0.6) is 11.5 Å². The lowest BCUT2D eigenvalue weighted by molar-refractivity contribution is 0.0952. The van der Waals surface area contributed by atoms with Crippen molar-refractivity contribution in [3.63, 3.8) is 0 Å². The summed E-state index contributed by atoms with van der Waals surface area (Å²) < 4.78 is 14.9. The predicted molar refractivity (Wildman–Crippen MR) is 58.8 cm³/mol. The zero-order valence-electron chi connectivity index (χ0n) is 8.95. The third-order valence-corrected chi connectivity index (χ3v) is 2.22. The van der Waals surface area contributed by atoms with Gasteiger partial charge in [-0.05, 0) is 25.1 Å². The number of phosphoric ester groups is 1. The van der Waals surface area contributed by atoms with Gasteiger partial charge in [-0.2, -0.15) is 0 Å². The number of phosphoric acid groups is 1. The second-order valence-corrected chi connectivity index (χ2v) is 4.28. The lowest BCUT2D eigenvalue weighted by Crippen LogP contribution is -2.22. The van der Waals surface area contributed by atoms with Crippen LogP contribution in [0.4, 0.5) is 0 Å². The van der Waals surface area contributed by atoms with Gasteiger partial charge in [-0.15, -0.1) is 0 Å². The molecule has 1 amide bonds. The van der Waals surface area contributed by atoms with E-state index in [0.717, 1.165) is 18.2 Å². The fourth-order valence-corrected chi connectivity index (χ4v) is 1.54. The maximum Gasteiger partial charge on any atom is 0.524 e. The Bertz CT molecular complexity index is 469. The molecule has 0 radical (unpaired) electrons. The number of hydrogen-bond donors (Lipinski definition) is 4. The number of rotatable bonds is 4. The molecular formula is C9H12NO6P. The molecule has 0 atom stereocenters. The summed E-state index contributed by atoms with van der Waals surface area (Å²) >= 11 is 0. The van der Waals surface area contributed by atoms with Gasteiger partial charge in [0.25, 0.3) is 5.91 Å². The molecule has 0 aliphatic heterocycles. The molecular weight excluding hydrogens is 249 g/mol. The van der Waals surface area contributed by atoms with Crippen LogP contribution >= 0.6 is 7.82 Å². The Morgan fingerprint density at radius 1 is 1.47 bits per heavy atom. The fourth-order valence-electron chi connectivity index (χ4n) is 1.15. The summed E-state index contributed by atoms with van der Waals surface area (Å²) in [5.74, 6) is -1.05. The molecule has 0 fully saturated rings. The molecule has 1 aromatic rings. The van der Waals surface area contributed by atoms with Gasteiger partial charge in [0, 0.05) is 6.54 Å². The van der Waals surface area contributed by atoms with Crippen LogP contribution in [-0.4, -0.2) is 27.3 Å². The first-order valence-electron chi connectivity index (χ1n) is 4.70. The van der Waals surface area contributed by atoms with E-state index in [2.05, 4.69) is 9.84 Å². The molecule has 0 aromatic heterocycles. The van der Waals surface area contributed by atoms with Gasteiger partial charge in [-0.1, -0.05) is 0 Å². The van der Waals surface area contributed by atoms with Crippen molar-refractivity contribution in [2.45, 2.75) is 6.92 Å². The normalized spacial score (nSPS) is 11.0. The van der Waals surface area contributed by atoms with Gasteiger partial charge in [0.2, 0.25) is 0 Å². The number of benzene rings is 1. The van der Waals surface area contributed by atoms with E-state index in [-0.39, 0.29) is 17.1 Å². The number of amides is 1. The third-order valence-electron chi connectivity index (χ3n) is 1.77. The smallest absolute Gasteiger partial charge is 0.507 e. The van der Waals surface area contributed by atoms with Crippen LogP contribution in [0.25, 0.3) is 0 Å². The maximum atomic E-state index is 11.5. The monoisotopic (exact) mass is 261 g/mol. The molecule has 0 aliphatic carbocycles. The highest BCUT2D eigenvalue weighted by Gasteiger charge is 2.18. The molecule has 0 bridgehead atoms. The minimum Gasteiger partial charge on any atom is -0.507 e. The molecule has 0 aliphatic rings. The van der Waals surface area contributed by atoms with Crippen molar-refractivity contribution in [1.29, 1.82) is 0 Å². The Balaban J connectivity index is 3.02. The van der Waals surface area contributed by atoms with Crippen molar-refractivity contribution in [3.05, 3.63) is 23.8 Å². The van der Waals surface area contributed by atoms with Gasteiger partial charge < -0.3 is 14.9 Å². The number of nitrogens with one attached hydrogen (secondary N) is 1. The van der Waals surface area contributed by atoms with Gasteiger partial charge in [-0.3, -0.25) is 14.6 Å². The van der Waals surface area contributed by atoms with E-state index in [4.69, 9.17) is 9.79 Å². The van der Waals surface area contributed by atoms with E-state index in [9.17, 15) is 14.5 Å². The number of phenolic OH excluding ortho intramolecular Hbond substituents is 1. The summed E-state index contributed by atoms with van der Waals surface area (Å²) in [4.78, 5) is 28.7. The minimum absolute atomic E-state index is 0.113. The van der Waals surface area contributed by atoms with Gasteiger partial charge in [-0.25, -0.2) is 4.57 Å². The SMILES string of the molecule is CCNC(=O)c1cc(OP(=O)(O)O)ccc1O. The van der Waals surface area contributed by atoms with Crippen LogP contribution in [-0.2, 0) is 4.57 Å². The van der Waals surface area contributed by atoms with Crippen molar-refractivity contribution in [3.8, 4) is 11.5 Å². The Hall–Kier alpha value is -1.56. The molecule has 0 saturated carbocycles. The molecule has 0 saturated heterocycles. The second-order valence-electron chi connectivity index (χ2n) is 3.12. The van der Waals surface area contributed by atoms with E-state index in [1.54, 1.807) is 6.92 Å². The molecule has 0 spiro atoms. The summed E-state index contributed by atoms with van der Waals surface area (Å²) in [6, 6.07) is 3.33. The highest BCUT2D eigenvalue weighted by Crippen LogP contribution is 2.38. The molecule has 0 unspecified atom stereocenters. The summed E-state index contributed by atoms with van der Waals surface area (Å²) in [5, 5.41) is 11.9. The Morgan fingerprint density at radius 3 is 2.65 bits per heavy atom. The fraction of sp³-hybridized carbons (Fsp3) is 0.222. The molecule has 8 heteroatoms. The van der Waals surface area contributed by atoms with E-state index in [1.807, 2.05) is 0 Å². The van der Waals surface area contributed by atoms with E-state index in [0.29, 0.717) is 6.54 Å². The van der Waals surface area contributed by atoms with Crippen molar-refractivity contribution in [1.82, 2.24) is 5.32 Å². The quantitative estimate of drug-likeness (QED) is 0.590. The zero-order valence-corrected chi connectivity index (χ0v) is 9.85. The molecule has 4 N–H and O–H groups in total. The average Bonchev–Trinajstić information content (AvgIpc) is 2.19. The Morgan fingerprint density at radius 2 is 2.12 bits per heavy atom. The average molecular weight is 261 g/mol. The number of hydrogen-bond acceptors (Lipinski definition) is 4. The van der Waals surface area contributed by atoms with Crippen molar-refractivity contribution in [2.75, 3.05) is 6.54 Å². The lowest BCUT2D eigenvalue weighted by atomic mass is 10.2. The number of carbonyl (C=O) groups excluding carboxylic acids is 1. The summed E-state index contributed by atoms with van der Waals surface area (Å²) in [7, 11) is -4.68. The number of phenols is 1. The van der Waals surface area contributed by atoms with Crippen molar-refractivity contribution in [2.24, 2.45) is 0 Å². The van der Waals surface area contributed by atoms with Crippen LogP contribution in [0.3, 0.4) is 0 Å². The van der Waals surface area contributed by atoms with Crippen LogP contribution in [0, 0.1) is 0 Å². The number of aromatic hydroxyl groups is 1. The standard InChI is InChI=1S/C9H12NO6P/c1-2-10-9(12)7-5-6(3-4-8(7)11)16-17(13,14)15/h3-5,11H,2H2,1H3,(H,10,12)(H2,13,14,15). The predicted octanol–water partition coefficient (Wildman–Crippen LogP) is 0.613. The van der Waals surface area contributed by atoms with Crippen molar-refractivity contribution < 1.29 is 28.8 Å². The first kappa shape index (κ1) is 13.5. The molecule has 0 heterocycles. The van der Waals surface area contributed by atoms with Gasteiger partial charge in [0.15, 0.2) is 0 Å². The summed E-state index contributed by atoms with van der Waals surface area (Å²) in [6.45, 7) is 2.06. The second kappa shape index (κ2) is 5.18. The highest BCUT2D eigenvalue weighted by molar-refractivity contribution is 7.46. The van der Waals surface area contributed by atoms with E-state index >= 15 is 0 Å².